The van der Waals surface area contributed by atoms with Gasteiger partial charge in [0.25, 0.3) is 11.5 Å². The molecule has 2 aromatic heterocycles. The number of nitrogens with two attached hydrogens (primary N) is 1. The molecule has 1 aliphatic carbocycles. The van der Waals surface area contributed by atoms with E-state index < -0.39 is 11.2 Å². The van der Waals surface area contributed by atoms with Crippen molar-refractivity contribution in [2.24, 2.45) is 25.7 Å². The van der Waals surface area contributed by atoms with Crippen LogP contribution in [-0.4, -0.2) is 32.6 Å². The van der Waals surface area contributed by atoms with E-state index in [0.717, 1.165) is 30.3 Å². The molecule has 27 heavy (non-hydrogen) atoms. The molecule has 3 N–H and O–H groups in total. The fourth-order valence-corrected chi connectivity index (χ4v) is 3.50. The zero-order valence-corrected chi connectivity index (χ0v) is 16.9. The van der Waals surface area contributed by atoms with Crippen LogP contribution in [0.1, 0.15) is 36.2 Å². The highest BCUT2D eigenvalue weighted by Gasteiger charge is 2.26. The Hall–Kier alpha value is -1.90. The topological polar surface area (TPSA) is 112 Å². The summed E-state index contributed by atoms with van der Waals surface area (Å²) in [6, 6.07) is 3.10. The number of carbonyl (C=O) groups is 1. The number of amides is 1. The molecule has 10 heteroatoms. The lowest BCUT2D eigenvalue weighted by molar-refractivity contribution is 0.0903. The average molecular weight is 418 g/mol. The van der Waals surface area contributed by atoms with Crippen LogP contribution in [-0.2, 0) is 14.1 Å². The molecule has 1 fully saturated rings. The maximum atomic E-state index is 12.6. The Bertz CT molecular complexity index is 941. The smallest absolute Gasteiger partial charge is 0.332 e. The number of fused-ring (bicyclic) bond motifs is 1. The SMILES string of the molecule is Cl.Cl.Cn1c(=O)c2ccc(C(=O)NC3CCCCC3CN)nc2n(C)c1=O. The number of aryl methyl sites for hydroxylation is 1. The van der Waals surface area contributed by atoms with Crippen molar-refractivity contribution in [2.75, 3.05) is 6.54 Å². The van der Waals surface area contributed by atoms with E-state index in [4.69, 9.17) is 5.73 Å². The first-order valence-corrected chi connectivity index (χ1v) is 8.51. The van der Waals surface area contributed by atoms with Crippen molar-refractivity contribution < 1.29 is 4.79 Å². The number of pyridine rings is 1. The number of carbonyl (C=O) groups excluding carboxylic acids is 1. The van der Waals surface area contributed by atoms with Crippen LogP contribution in [0, 0.1) is 5.92 Å². The Morgan fingerprint density at radius 3 is 2.52 bits per heavy atom. The van der Waals surface area contributed by atoms with Crippen LogP contribution < -0.4 is 22.3 Å². The first-order valence-electron chi connectivity index (χ1n) is 8.51. The Morgan fingerprint density at radius 1 is 1.19 bits per heavy atom. The molecule has 0 saturated heterocycles. The molecular weight excluding hydrogens is 393 g/mol. The van der Waals surface area contributed by atoms with Gasteiger partial charge in [0.2, 0.25) is 0 Å². The van der Waals surface area contributed by atoms with Gasteiger partial charge >= 0.3 is 5.69 Å². The van der Waals surface area contributed by atoms with Crippen molar-refractivity contribution in [1.82, 2.24) is 19.4 Å². The second kappa shape index (κ2) is 9.34. The zero-order valence-electron chi connectivity index (χ0n) is 15.3. The maximum Gasteiger partial charge on any atom is 0.332 e. The van der Waals surface area contributed by atoms with E-state index in [0.29, 0.717) is 11.9 Å². The first kappa shape index (κ1) is 23.1. The van der Waals surface area contributed by atoms with Crippen molar-refractivity contribution >= 4 is 41.8 Å². The van der Waals surface area contributed by atoms with Crippen LogP contribution in [0.15, 0.2) is 21.7 Å². The summed E-state index contributed by atoms with van der Waals surface area (Å²) in [7, 11) is 2.95. The van der Waals surface area contributed by atoms with Crippen molar-refractivity contribution in [3.05, 3.63) is 38.7 Å². The lowest BCUT2D eigenvalue weighted by atomic mass is 9.84. The minimum atomic E-state index is -0.474. The maximum absolute atomic E-state index is 12.6. The quantitative estimate of drug-likeness (QED) is 0.763. The number of rotatable bonds is 3. The summed E-state index contributed by atoms with van der Waals surface area (Å²) in [4.78, 5) is 41.1. The van der Waals surface area contributed by atoms with E-state index in [-0.39, 0.29) is 54.0 Å². The van der Waals surface area contributed by atoms with Gasteiger partial charge in [0, 0.05) is 20.1 Å². The highest BCUT2D eigenvalue weighted by atomic mass is 35.5. The van der Waals surface area contributed by atoms with Gasteiger partial charge in [-0.15, -0.1) is 24.8 Å². The molecular formula is C17H25Cl2N5O3. The number of hydrogen-bond donors (Lipinski definition) is 2. The summed E-state index contributed by atoms with van der Waals surface area (Å²) in [5.74, 6) is -0.0322. The molecule has 2 aromatic rings. The van der Waals surface area contributed by atoms with Crippen LogP contribution in [0.3, 0.4) is 0 Å². The van der Waals surface area contributed by atoms with E-state index in [1.807, 2.05) is 0 Å². The van der Waals surface area contributed by atoms with E-state index in [1.165, 1.54) is 24.7 Å². The van der Waals surface area contributed by atoms with Crippen molar-refractivity contribution in [3.63, 3.8) is 0 Å². The number of nitrogens with one attached hydrogen (secondary N) is 1. The van der Waals surface area contributed by atoms with Crippen LogP contribution in [0.2, 0.25) is 0 Å². The monoisotopic (exact) mass is 417 g/mol. The summed E-state index contributed by atoms with van der Waals surface area (Å²) in [6.45, 7) is 0.542. The predicted octanol–water partition coefficient (Wildman–Crippen LogP) is 0.723. The van der Waals surface area contributed by atoms with E-state index in [1.54, 1.807) is 6.07 Å². The van der Waals surface area contributed by atoms with E-state index in [2.05, 4.69) is 10.3 Å². The second-order valence-corrected chi connectivity index (χ2v) is 6.63. The highest BCUT2D eigenvalue weighted by molar-refractivity contribution is 5.94. The van der Waals surface area contributed by atoms with E-state index in [9.17, 15) is 14.4 Å². The molecule has 3 rings (SSSR count). The largest absolute Gasteiger partial charge is 0.348 e. The summed E-state index contributed by atoms with van der Waals surface area (Å²) < 4.78 is 2.30. The number of halogens is 2. The fraction of sp³-hybridized carbons (Fsp3) is 0.529. The van der Waals surface area contributed by atoms with Crippen molar-refractivity contribution in [2.45, 2.75) is 31.7 Å². The normalized spacial score (nSPS) is 19.1. The van der Waals surface area contributed by atoms with Gasteiger partial charge in [-0.2, -0.15) is 0 Å². The third-order valence-corrected chi connectivity index (χ3v) is 5.06. The summed E-state index contributed by atoms with van der Waals surface area (Å²) in [5.41, 5.74) is 5.31. The van der Waals surface area contributed by atoms with Crippen LogP contribution in [0.25, 0.3) is 11.0 Å². The minimum Gasteiger partial charge on any atom is -0.348 e. The lowest BCUT2D eigenvalue weighted by Crippen LogP contribution is -2.45. The molecule has 0 aliphatic heterocycles. The highest BCUT2D eigenvalue weighted by Crippen LogP contribution is 2.23. The Labute approximate surface area is 169 Å². The number of nitrogens with zero attached hydrogens (tertiary/aromatic N) is 3. The Morgan fingerprint density at radius 2 is 1.85 bits per heavy atom. The van der Waals surface area contributed by atoms with Gasteiger partial charge in [-0.05, 0) is 37.4 Å². The zero-order chi connectivity index (χ0) is 18.1. The van der Waals surface area contributed by atoms with Gasteiger partial charge in [0.1, 0.15) is 11.3 Å². The molecule has 2 heterocycles. The Kier molecular flexibility index (Phi) is 8.01. The average Bonchev–Trinajstić information content (AvgIpc) is 2.64. The van der Waals surface area contributed by atoms with Crippen LogP contribution in [0.4, 0.5) is 0 Å². The molecule has 0 bridgehead atoms. The molecule has 2 unspecified atom stereocenters. The van der Waals surface area contributed by atoms with Gasteiger partial charge in [0.15, 0.2) is 0 Å². The third kappa shape index (κ3) is 4.34. The van der Waals surface area contributed by atoms with Crippen LogP contribution >= 0.6 is 24.8 Å². The summed E-state index contributed by atoms with van der Waals surface area (Å²) in [6.07, 6.45) is 4.11. The van der Waals surface area contributed by atoms with Crippen LogP contribution in [0.5, 0.6) is 0 Å². The van der Waals surface area contributed by atoms with Crippen molar-refractivity contribution in [1.29, 1.82) is 0 Å². The molecule has 1 aliphatic rings. The summed E-state index contributed by atoms with van der Waals surface area (Å²) >= 11 is 0. The van der Waals surface area contributed by atoms with Gasteiger partial charge in [0.05, 0.1) is 5.39 Å². The summed E-state index contributed by atoms with van der Waals surface area (Å²) in [5, 5.41) is 3.31. The first-order chi connectivity index (χ1) is 11.9. The van der Waals surface area contributed by atoms with E-state index >= 15 is 0 Å². The molecule has 1 saturated carbocycles. The van der Waals surface area contributed by atoms with Crippen molar-refractivity contribution in [3.8, 4) is 0 Å². The molecule has 0 spiro atoms. The minimum absolute atomic E-state index is 0. The van der Waals surface area contributed by atoms with Gasteiger partial charge in [-0.3, -0.25) is 18.7 Å². The Balaban J connectivity index is 0.00000182. The molecule has 0 radical (unpaired) electrons. The molecule has 8 nitrogen and oxygen atoms in total. The van der Waals surface area contributed by atoms with Gasteiger partial charge in [-0.25, -0.2) is 9.78 Å². The number of hydrogen-bond acceptors (Lipinski definition) is 5. The molecule has 1 amide bonds. The fourth-order valence-electron chi connectivity index (χ4n) is 3.50. The van der Waals surface area contributed by atoms with Gasteiger partial charge in [-0.1, -0.05) is 12.8 Å². The predicted molar refractivity (Wildman–Crippen MR) is 109 cm³/mol. The third-order valence-electron chi connectivity index (χ3n) is 5.06. The molecule has 2 atom stereocenters. The molecule has 0 aromatic carbocycles. The standard InChI is InChI=1S/C17H23N5O3.2ClH/c1-21-14-11(16(24)22(2)17(21)25)7-8-13(19-14)15(23)20-12-6-4-3-5-10(12)9-18;;/h7-8,10,12H,3-6,9,18H2,1-2H3,(H,20,23);2*1H. The van der Waals surface area contributed by atoms with Gasteiger partial charge < -0.3 is 11.1 Å². The molecule has 150 valence electrons. The lowest BCUT2D eigenvalue weighted by Gasteiger charge is -2.31. The number of aromatic nitrogens is 3. The second-order valence-electron chi connectivity index (χ2n) is 6.63.